The van der Waals surface area contributed by atoms with Crippen LogP contribution in [0.1, 0.15) is 22.8 Å². The van der Waals surface area contributed by atoms with Crippen molar-refractivity contribution in [2.75, 3.05) is 0 Å². The van der Waals surface area contributed by atoms with E-state index < -0.39 is 0 Å². The van der Waals surface area contributed by atoms with Crippen LogP contribution in [-0.2, 0) is 26.2 Å². The van der Waals surface area contributed by atoms with Crippen molar-refractivity contribution >= 4 is 0 Å². The van der Waals surface area contributed by atoms with Gasteiger partial charge in [0.05, 0.1) is 0 Å². The van der Waals surface area contributed by atoms with Crippen LogP contribution in [0.25, 0.3) is 0 Å². The maximum absolute atomic E-state index is 4.60. The first-order valence-corrected chi connectivity index (χ1v) is 10.3. The van der Waals surface area contributed by atoms with Crippen molar-refractivity contribution in [2.45, 2.75) is 26.2 Å². The molecule has 0 fully saturated rings. The van der Waals surface area contributed by atoms with Crippen LogP contribution in [-0.4, -0.2) is 24.8 Å². The summed E-state index contributed by atoms with van der Waals surface area (Å²) in [6.45, 7) is 2.90. The highest BCUT2D eigenvalue weighted by Crippen LogP contribution is 2.01. The summed E-state index contributed by atoms with van der Waals surface area (Å²) in [6, 6.07) is 20.8. The number of hydrogen-bond donors (Lipinski definition) is 0. The molecule has 5 rings (SSSR count). The summed E-state index contributed by atoms with van der Waals surface area (Å²) in [5, 5.41) is 8.53. The maximum atomic E-state index is 4.60. The molecule has 5 aromatic rings. The minimum Gasteiger partial charge on any atom is -0.870 e. The molecule has 0 amide bonds. The molecular formula is C24H25N7O. The molecule has 0 aliphatic heterocycles. The van der Waals surface area contributed by atoms with Gasteiger partial charge >= 0.3 is 0 Å². The van der Waals surface area contributed by atoms with Crippen LogP contribution in [0.5, 0.6) is 0 Å². The third-order valence-corrected chi connectivity index (χ3v) is 5.10. The second kappa shape index (κ2) is 9.84. The van der Waals surface area contributed by atoms with Gasteiger partial charge in [-0.3, -0.25) is 0 Å². The van der Waals surface area contributed by atoms with E-state index in [-0.39, 0.29) is 5.48 Å². The van der Waals surface area contributed by atoms with E-state index in [1.54, 1.807) is 0 Å². The fourth-order valence-corrected chi connectivity index (χ4v) is 3.61. The fraction of sp³-hybridized carbons (Fsp3) is 0.167. The molecule has 3 aromatic heterocycles. The summed E-state index contributed by atoms with van der Waals surface area (Å²) in [5.74, 6) is 1.45. The van der Waals surface area contributed by atoms with Crippen molar-refractivity contribution in [2.24, 2.45) is 0 Å². The van der Waals surface area contributed by atoms with Gasteiger partial charge in [-0.1, -0.05) is 60.7 Å². The lowest BCUT2D eigenvalue weighted by Gasteiger charge is -1.99. The van der Waals surface area contributed by atoms with Gasteiger partial charge in [0.15, 0.2) is 0 Å². The van der Waals surface area contributed by atoms with Crippen LogP contribution in [0, 0.1) is 0 Å². The zero-order valence-electron chi connectivity index (χ0n) is 17.6. The summed E-state index contributed by atoms with van der Waals surface area (Å²) in [7, 11) is 0. The highest BCUT2D eigenvalue weighted by atomic mass is 16.0. The summed E-state index contributed by atoms with van der Waals surface area (Å²) in [6.07, 6.45) is 12.4. The number of benzene rings is 2. The second-order valence-electron chi connectivity index (χ2n) is 7.63. The van der Waals surface area contributed by atoms with E-state index in [9.17, 15) is 0 Å². The first-order valence-electron chi connectivity index (χ1n) is 10.3. The van der Waals surface area contributed by atoms with Crippen molar-refractivity contribution in [3.8, 4) is 0 Å². The number of aromatic nitrogens is 7. The molecular weight excluding hydrogens is 402 g/mol. The summed E-state index contributed by atoms with van der Waals surface area (Å²) in [4.78, 5) is 4.60. The maximum Gasteiger partial charge on any atom is 0.244 e. The molecule has 0 aliphatic rings. The molecule has 0 saturated heterocycles. The Bertz CT molecular complexity index is 1150. The SMILES string of the molecule is [OH-].c1ccc(C[n+]2ccn(Cc3nnc(Cn4cc[n+](Cc5ccccc5)c4)[n-]3)c2)cc1. The number of rotatable bonds is 8. The quantitative estimate of drug-likeness (QED) is 0.352. The summed E-state index contributed by atoms with van der Waals surface area (Å²) < 4.78 is 8.45. The van der Waals surface area contributed by atoms with E-state index in [0.29, 0.717) is 13.1 Å². The summed E-state index contributed by atoms with van der Waals surface area (Å²) in [5.41, 5.74) is 2.55. The molecule has 0 unspecified atom stereocenters. The molecule has 0 aliphatic carbocycles. The molecule has 0 radical (unpaired) electrons. The van der Waals surface area contributed by atoms with Gasteiger partial charge in [-0.05, 0) is 11.1 Å². The van der Waals surface area contributed by atoms with Crippen LogP contribution in [0.2, 0.25) is 0 Å². The van der Waals surface area contributed by atoms with E-state index in [2.05, 4.69) is 107 Å². The van der Waals surface area contributed by atoms with E-state index in [1.165, 1.54) is 11.1 Å². The Morgan fingerprint density at radius 3 is 1.53 bits per heavy atom. The molecule has 0 atom stereocenters. The van der Waals surface area contributed by atoms with Gasteiger partial charge in [0.25, 0.3) is 0 Å². The van der Waals surface area contributed by atoms with Gasteiger partial charge < -0.3 is 20.7 Å². The molecule has 2 aromatic carbocycles. The van der Waals surface area contributed by atoms with Crippen LogP contribution in [0.3, 0.4) is 0 Å². The molecule has 0 spiro atoms. The Hall–Kier alpha value is -4.04. The number of hydrogen-bond acceptors (Lipinski definition) is 3. The standard InChI is InChI=1S/C24H24N7.H2O/c1-3-7-21(8-4-1)15-28-11-13-30(19-28)17-23-25-24(27-26-23)18-31-14-12-29(20-31)16-22-9-5-2-6-10-22;/h1-14,19-20H,15-18H2;1H2/q+1;/p-1. The smallest absolute Gasteiger partial charge is 0.244 e. The van der Waals surface area contributed by atoms with Crippen molar-refractivity contribution in [3.63, 3.8) is 0 Å². The van der Waals surface area contributed by atoms with Crippen molar-refractivity contribution < 1.29 is 14.6 Å². The Morgan fingerprint density at radius 1 is 0.656 bits per heavy atom. The van der Waals surface area contributed by atoms with Crippen LogP contribution >= 0.6 is 0 Å². The molecule has 0 bridgehead atoms. The third-order valence-electron chi connectivity index (χ3n) is 5.10. The Labute approximate surface area is 186 Å². The predicted octanol–water partition coefficient (Wildman–Crippen LogP) is 1.63. The minimum absolute atomic E-state index is 0. The normalized spacial score (nSPS) is 10.8. The van der Waals surface area contributed by atoms with Crippen molar-refractivity contribution in [3.05, 3.63) is 121 Å². The molecule has 3 heterocycles. The second-order valence-corrected chi connectivity index (χ2v) is 7.63. The zero-order chi connectivity index (χ0) is 20.9. The van der Waals surface area contributed by atoms with Gasteiger partial charge in [0.2, 0.25) is 12.7 Å². The van der Waals surface area contributed by atoms with Crippen LogP contribution in [0.15, 0.2) is 98.1 Å². The first-order chi connectivity index (χ1) is 15.3. The third kappa shape index (κ3) is 5.35. The Morgan fingerprint density at radius 2 is 1.09 bits per heavy atom. The molecule has 8 nitrogen and oxygen atoms in total. The van der Waals surface area contributed by atoms with E-state index in [0.717, 1.165) is 24.7 Å². The molecule has 162 valence electrons. The van der Waals surface area contributed by atoms with Gasteiger partial charge in [-0.2, -0.15) is 0 Å². The highest BCUT2D eigenvalue weighted by Gasteiger charge is 2.08. The fourth-order valence-electron chi connectivity index (χ4n) is 3.61. The van der Waals surface area contributed by atoms with Gasteiger partial charge in [-0.15, -0.1) is 0 Å². The van der Waals surface area contributed by atoms with Gasteiger partial charge in [0, 0.05) is 11.6 Å². The molecule has 0 saturated carbocycles. The molecule has 32 heavy (non-hydrogen) atoms. The van der Waals surface area contributed by atoms with Gasteiger partial charge in [0.1, 0.15) is 51.0 Å². The average Bonchev–Trinajstić information content (AvgIpc) is 3.53. The lowest BCUT2D eigenvalue weighted by molar-refractivity contribution is -0.688. The van der Waals surface area contributed by atoms with Crippen LogP contribution in [0.4, 0.5) is 0 Å². The molecule has 1 N–H and O–H groups in total. The number of imidazole rings is 2. The lowest BCUT2D eigenvalue weighted by Crippen LogP contribution is -2.31. The Kier molecular flexibility index (Phi) is 6.52. The predicted molar refractivity (Wildman–Crippen MR) is 116 cm³/mol. The van der Waals surface area contributed by atoms with E-state index in [4.69, 9.17) is 0 Å². The zero-order valence-corrected chi connectivity index (χ0v) is 17.6. The van der Waals surface area contributed by atoms with Gasteiger partial charge in [-0.25, -0.2) is 18.3 Å². The summed E-state index contributed by atoms with van der Waals surface area (Å²) >= 11 is 0. The highest BCUT2D eigenvalue weighted by molar-refractivity contribution is 5.13. The van der Waals surface area contributed by atoms with E-state index >= 15 is 0 Å². The lowest BCUT2D eigenvalue weighted by atomic mass is 10.2. The monoisotopic (exact) mass is 427 g/mol. The average molecular weight is 428 g/mol. The minimum atomic E-state index is 0. The van der Waals surface area contributed by atoms with Crippen LogP contribution < -0.4 is 14.1 Å². The van der Waals surface area contributed by atoms with Crippen molar-refractivity contribution in [1.29, 1.82) is 0 Å². The Balaban J connectivity index is 0.00000245. The molecule has 8 heteroatoms. The largest absolute Gasteiger partial charge is 0.870 e. The number of nitrogens with zero attached hydrogens (tertiary/aromatic N) is 7. The van der Waals surface area contributed by atoms with Crippen molar-refractivity contribution in [1.82, 2.24) is 24.3 Å². The first kappa shape index (κ1) is 21.2. The topological polar surface area (TPSA) is 87.5 Å². The van der Waals surface area contributed by atoms with E-state index in [1.807, 2.05) is 24.5 Å².